The van der Waals surface area contributed by atoms with Gasteiger partial charge in [-0.1, -0.05) is 0 Å². The van der Waals surface area contributed by atoms with Crippen LogP contribution in [0.1, 0.15) is 12.5 Å². The van der Waals surface area contributed by atoms with E-state index < -0.39 is 47.4 Å². The molecule has 0 fully saturated rings. The first-order valence-corrected chi connectivity index (χ1v) is 4.93. The van der Waals surface area contributed by atoms with Crippen molar-refractivity contribution in [2.75, 3.05) is 0 Å². The van der Waals surface area contributed by atoms with Gasteiger partial charge in [0.05, 0.1) is 0 Å². The van der Waals surface area contributed by atoms with Crippen LogP contribution in [-0.2, 0) is 20.7 Å². The fourth-order valence-electron chi connectivity index (χ4n) is 1.28. The highest BCUT2D eigenvalue weighted by molar-refractivity contribution is 5.87. The highest BCUT2D eigenvalue weighted by Crippen LogP contribution is 2.17. The Bertz CT molecular complexity index is 491. The van der Waals surface area contributed by atoms with E-state index in [1.807, 2.05) is 0 Å². The van der Waals surface area contributed by atoms with E-state index in [0.717, 1.165) is 13.0 Å². The predicted molar refractivity (Wildman–Crippen MR) is 54.8 cm³/mol. The lowest BCUT2D eigenvalue weighted by molar-refractivity contribution is -0.159. The zero-order valence-corrected chi connectivity index (χ0v) is 9.38. The highest BCUT2D eigenvalue weighted by Gasteiger charge is 2.22. The zero-order chi connectivity index (χ0) is 13.9. The van der Waals surface area contributed by atoms with Crippen molar-refractivity contribution in [1.29, 1.82) is 0 Å². The van der Waals surface area contributed by atoms with Crippen LogP contribution in [0.15, 0.2) is 12.1 Å². The van der Waals surface area contributed by atoms with Crippen LogP contribution < -0.4 is 5.73 Å². The van der Waals surface area contributed by atoms with Crippen LogP contribution in [-0.4, -0.2) is 18.0 Å². The molecule has 0 unspecified atom stereocenters. The third-order valence-electron chi connectivity index (χ3n) is 2.11. The van der Waals surface area contributed by atoms with E-state index in [1.165, 1.54) is 0 Å². The Kier molecular flexibility index (Phi) is 4.43. The Hall–Kier alpha value is -1.89. The summed E-state index contributed by atoms with van der Waals surface area (Å²) in [5, 5.41) is 0. The van der Waals surface area contributed by atoms with Gasteiger partial charge in [-0.3, -0.25) is 4.79 Å². The molecule has 1 aromatic carbocycles. The molecule has 2 N–H and O–H groups in total. The summed E-state index contributed by atoms with van der Waals surface area (Å²) in [7, 11) is 0. The van der Waals surface area contributed by atoms with Crippen molar-refractivity contribution in [3.05, 3.63) is 35.1 Å². The number of rotatable bonds is 3. The fourth-order valence-corrected chi connectivity index (χ4v) is 1.28. The average molecular weight is 261 g/mol. The maximum absolute atomic E-state index is 13.3. The fraction of sp³-hybridized carbons (Fsp3) is 0.273. The molecule has 0 aromatic heterocycles. The summed E-state index contributed by atoms with van der Waals surface area (Å²) in [6.45, 7) is 0.980. The van der Waals surface area contributed by atoms with Crippen molar-refractivity contribution in [3.63, 3.8) is 0 Å². The number of esters is 2. The number of hydrogen-bond donors (Lipinski definition) is 1. The molecule has 0 spiro atoms. The molecule has 0 saturated heterocycles. The van der Waals surface area contributed by atoms with E-state index in [-0.39, 0.29) is 0 Å². The maximum atomic E-state index is 13.3. The lowest BCUT2D eigenvalue weighted by atomic mass is 10.1. The second kappa shape index (κ2) is 5.63. The molecule has 0 radical (unpaired) electrons. The molecular formula is C11H10F3NO3. The van der Waals surface area contributed by atoms with Crippen LogP contribution in [0.25, 0.3) is 0 Å². The van der Waals surface area contributed by atoms with Crippen molar-refractivity contribution < 1.29 is 27.5 Å². The first-order valence-electron chi connectivity index (χ1n) is 4.93. The van der Waals surface area contributed by atoms with E-state index in [4.69, 9.17) is 5.73 Å². The predicted octanol–water partition coefficient (Wildman–Crippen LogP) is 1.06. The summed E-state index contributed by atoms with van der Waals surface area (Å²) in [4.78, 5) is 21.7. The number of hydrogen-bond acceptors (Lipinski definition) is 4. The third-order valence-corrected chi connectivity index (χ3v) is 2.11. The van der Waals surface area contributed by atoms with Crippen LogP contribution in [0.4, 0.5) is 13.2 Å². The number of carbonyl (C=O) groups excluding carboxylic acids is 2. The van der Waals surface area contributed by atoms with E-state index in [1.54, 1.807) is 0 Å². The van der Waals surface area contributed by atoms with Crippen LogP contribution in [0.2, 0.25) is 0 Å². The van der Waals surface area contributed by atoms with Crippen molar-refractivity contribution in [2.45, 2.75) is 19.4 Å². The van der Waals surface area contributed by atoms with Gasteiger partial charge in [-0.15, -0.1) is 0 Å². The smallest absolute Gasteiger partial charge is 0.330 e. The Morgan fingerprint density at radius 1 is 1.28 bits per heavy atom. The Morgan fingerprint density at radius 2 is 1.83 bits per heavy atom. The topological polar surface area (TPSA) is 69.4 Å². The standard InChI is InChI=1S/C11H10F3NO3/c1-5(16)18-11(17)9(15)4-6-7(12)2-3-8(13)10(6)14/h2-3,9H,4,15H2,1H3/t9-/m0/s1. The summed E-state index contributed by atoms with van der Waals surface area (Å²) in [5.41, 5.74) is 4.64. The van der Waals surface area contributed by atoms with Crippen LogP contribution in [0.5, 0.6) is 0 Å². The number of ether oxygens (including phenoxy) is 1. The summed E-state index contributed by atoms with van der Waals surface area (Å²) < 4.78 is 43.5. The molecule has 0 aliphatic carbocycles. The van der Waals surface area contributed by atoms with Crippen molar-refractivity contribution in [1.82, 2.24) is 0 Å². The first-order chi connectivity index (χ1) is 8.32. The van der Waals surface area contributed by atoms with Crippen LogP contribution >= 0.6 is 0 Å². The molecule has 98 valence electrons. The minimum Gasteiger partial charge on any atom is -0.392 e. The lowest BCUT2D eigenvalue weighted by Crippen LogP contribution is -2.36. The SMILES string of the molecule is CC(=O)OC(=O)[C@@H](N)Cc1c(F)ccc(F)c1F. The molecule has 0 heterocycles. The normalized spacial score (nSPS) is 12.1. The molecular weight excluding hydrogens is 251 g/mol. The van der Waals surface area contributed by atoms with Crippen LogP contribution in [0, 0.1) is 17.5 Å². The van der Waals surface area contributed by atoms with E-state index in [0.29, 0.717) is 6.07 Å². The molecule has 0 aliphatic rings. The van der Waals surface area contributed by atoms with Gasteiger partial charge in [0.2, 0.25) is 0 Å². The number of halogens is 3. The molecule has 7 heteroatoms. The summed E-state index contributed by atoms with van der Waals surface area (Å²) in [6, 6.07) is -0.121. The molecule has 18 heavy (non-hydrogen) atoms. The van der Waals surface area contributed by atoms with E-state index in [2.05, 4.69) is 4.74 Å². The molecule has 0 aliphatic heterocycles. The second-order valence-corrected chi connectivity index (χ2v) is 3.55. The van der Waals surface area contributed by atoms with Gasteiger partial charge in [0.1, 0.15) is 11.9 Å². The minimum absolute atomic E-state index is 0.610. The Labute approximate surface area is 101 Å². The van der Waals surface area contributed by atoms with Crippen LogP contribution in [0.3, 0.4) is 0 Å². The summed E-state index contributed by atoms with van der Waals surface area (Å²) in [5.74, 6) is -5.72. The van der Waals surface area contributed by atoms with Crippen molar-refractivity contribution in [3.8, 4) is 0 Å². The molecule has 0 saturated carbocycles. The molecule has 1 atom stereocenters. The number of nitrogens with two attached hydrogens (primary N) is 1. The van der Waals surface area contributed by atoms with Gasteiger partial charge in [0.25, 0.3) is 0 Å². The molecule has 0 amide bonds. The number of benzene rings is 1. The summed E-state index contributed by atoms with van der Waals surface area (Å²) >= 11 is 0. The average Bonchev–Trinajstić information content (AvgIpc) is 2.28. The second-order valence-electron chi connectivity index (χ2n) is 3.55. The third kappa shape index (κ3) is 3.30. The minimum atomic E-state index is -1.46. The van der Waals surface area contributed by atoms with E-state index in [9.17, 15) is 22.8 Å². The van der Waals surface area contributed by atoms with Crippen molar-refractivity contribution >= 4 is 11.9 Å². The molecule has 1 rings (SSSR count). The lowest BCUT2D eigenvalue weighted by Gasteiger charge is -2.11. The van der Waals surface area contributed by atoms with Gasteiger partial charge in [-0.25, -0.2) is 18.0 Å². The largest absolute Gasteiger partial charge is 0.392 e. The highest BCUT2D eigenvalue weighted by atomic mass is 19.2. The molecule has 4 nitrogen and oxygen atoms in total. The van der Waals surface area contributed by atoms with Gasteiger partial charge in [-0.05, 0) is 12.1 Å². The van der Waals surface area contributed by atoms with Gasteiger partial charge < -0.3 is 10.5 Å². The summed E-state index contributed by atoms with van der Waals surface area (Å²) in [6.07, 6.45) is -0.610. The zero-order valence-electron chi connectivity index (χ0n) is 9.38. The van der Waals surface area contributed by atoms with Crippen molar-refractivity contribution in [2.24, 2.45) is 5.73 Å². The maximum Gasteiger partial charge on any atom is 0.330 e. The quantitative estimate of drug-likeness (QED) is 0.502. The molecule has 1 aromatic rings. The Morgan fingerprint density at radius 3 is 2.39 bits per heavy atom. The van der Waals surface area contributed by atoms with Gasteiger partial charge >= 0.3 is 11.9 Å². The molecule has 0 bridgehead atoms. The number of carbonyl (C=O) groups is 2. The van der Waals surface area contributed by atoms with Gasteiger partial charge in [-0.2, -0.15) is 0 Å². The van der Waals surface area contributed by atoms with Gasteiger partial charge in [0.15, 0.2) is 11.6 Å². The monoisotopic (exact) mass is 261 g/mol. The van der Waals surface area contributed by atoms with Gasteiger partial charge in [0, 0.05) is 18.9 Å². The first kappa shape index (κ1) is 14.2. The Balaban J connectivity index is 2.88. The van der Waals surface area contributed by atoms with E-state index >= 15 is 0 Å².